The first-order chi connectivity index (χ1) is 8.06. The summed E-state index contributed by atoms with van der Waals surface area (Å²) in [6.07, 6.45) is 1.12. The van der Waals surface area contributed by atoms with Gasteiger partial charge in [0.25, 0.3) is 0 Å². The average Bonchev–Trinajstić information content (AvgIpc) is 2.59. The van der Waals surface area contributed by atoms with E-state index < -0.39 is 0 Å². The van der Waals surface area contributed by atoms with Gasteiger partial charge in [-0.25, -0.2) is 4.98 Å². The number of hydrogen-bond donors (Lipinski definition) is 1. The van der Waals surface area contributed by atoms with Crippen LogP contribution in [0.2, 0.25) is 0 Å². The van der Waals surface area contributed by atoms with Crippen molar-refractivity contribution in [3.63, 3.8) is 0 Å². The molecule has 17 heavy (non-hydrogen) atoms. The van der Waals surface area contributed by atoms with Gasteiger partial charge in [0.1, 0.15) is 14.6 Å². The van der Waals surface area contributed by atoms with E-state index in [-0.39, 0.29) is 0 Å². The Bertz CT molecular complexity index is 483. The number of thiazole rings is 1. The quantitative estimate of drug-likeness (QED) is 0.915. The fourth-order valence-corrected chi connectivity index (χ4v) is 2.96. The molecule has 2 aromatic rings. The number of anilines is 1. The van der Waals surface area contributed by atoms with Crippen LogP contribution in [0.5, 0.6) is 0 Å². The van der Waals surface area contributed by atoms with Gasteiger partial charge in [-0.15, -0.1) is 11.3 Å². The highest BCUT2D eigenvalue weighted by molar-refractivity contribution is 9.11. The van der Waals surface area contributed by atoms with E-state index in [9.17, 15) is 0 Å². The number of rotatable bonds is 3. The van der Waals surface area contributed by atoms with E-state index in [1.165, 1.54) is 5.56 Å². The normalized spacial score (nSPS) is 11.1. The van der Waals surface area contributed by atoms with Crippen molar-refractivity contribution >= 4 is 33.1 Å². The third-order valence-corrected chi connectivity index (χ3v) is 4.26. The standard InChI is InChI=1S/C13H15BrN2S/c1-8(2)7-9-3-5-10(6-4-9)13-16-12(15)11(14)17-13/h3-6,8H,7,15H2,1-2H3. The van der Waals surface area contributed by atoms with Crippen molar-refractivity contribution in [3.8, 4) is 10.6 Å². The lowest BCUT2D eigenvalue weighted by Gasteiger charge is -2.05. The molecule has 0 fully saturated rings. The molecule has 0 aliphatic heterocycles. The van der Waals surface area contributed by atoms with Crippen LogP contribution in [-0.4, -0.2) is 4.98 Å². The lowest BCUT2D eigenvalue weighted by molar-refractivity contribution is 0.647. The van der Waals surface area contributed by atoms with Crippen LogP contribution in [0.4, 0.5) is 5.82 Å². The maximum atomic E-state index is 5.73. The van der Waals surface area contributed by atoms with Crippen LogP contribution >= 0.6 is 27.3 Å². The molecule has 0 bridgehead atoms. The van der Waals surface area contributed by atoms with E-state index in [1.54, 1.807) is 11.3 Å². The van der Waals surface area contributed by atoms with Crippen molar-refractivity contribution in [1.82, 2.24) is 4.98 Å². The van der Waals surface area contributed by atoms with Crippen molar-refractivity contribution in [2.24, 2.45) is 5.92 Å². The Morgan fingerprint density at radius 2 is 1.94 bits per heavy atom. The molecule has 2 N–H and O–H groups in total. The summed E-state index contributed by atoms with van der Waals surface area (Å²) in [7, 11) is 0. The molecule has 0 unspecified atom stereocenters. The summed E-state index contributed by atoms with van der Waals surface area (Å²) in [6, 6.07) is 8.56. The summed E-state index contributed by atoms with van der Waals surface area (Å²) in [5.41, 5.74) is 8.22. The van der Waals surface area contributed by atoms with Gasteiger partial charge in [0.2, 0.25) is 0 Å². The van der Waals surface area contributed by atoms with Gasteiger partial charge in [-0.1, -0.05) is 38.1 Å². The Morgan fingerprint density at radius 3 is 2.41 bits per heavy atom. The summed E-state index contributed by atoms with van der Waals surface area (Å²) >= 11 is 4.96. The Hall–Kier alpha value is -0.870. The van der Waals surface area contributed by atoms with Crippen molar-refractivity contribution in [3.05, 3.63) is 33.6 Å². The highest BCUT2D eigenvalue weighted by Crippen LogP contribution is 2.33. The minimum Gasteiger partial charge on any atom is -0.382 e. The molecule has 0 saturated heterocycles. The van der Waals surface area contributed by atoms with Gasteiger partial charge in [-0.3, -0.25) is 0 Å². The minimum absolute atomic E-state index is 0.566. The number of nitrogen functional groups attached to an aromatic ring is 1. The fourth-order valence-electron chi connectivity index (χ4n) is 1.69. The number of nitrogens with two attached hydrogens (primary N) is 1. The van der Waals surface area contributed by atoms with Gasteiger partial charge < -0.3 is 5.73 Å². The third kappa shape index (κ3) is 3.07. The molecule has 1 aromatic carbocycles. The molecular weight excluding hydrogens is 296 g/mol. The van der Waals surface area contributed by atoms with Gasteiger partial charge >= 0.3 is 0 Å². The Balaban J connectivity index is 2.23. The molecule has 90 valence electrons. The van der Waals surface area contributed by atoms with Crippen LogP contribution in [0, 0.1) is 5.92 Å². The third-order valence-electron chi connectivity index (χ3n) is 2.45. The van der Waals surface area contributed by atoms with Crippen LogP contribution in [0.15, 0.2) is 28.1 Å². The molecule has 0 aliphatic rings. The predicted octanol–water partition coefficient (Wildman–Crippen LogP) is 4.35. The Labute approximate surface area is 114 Å². The average molecular weight is 311 g/mol. The topological polar surface area (TPSA) is 38.9 Å². The van der Waals surface area contributed by atoms with Crippen LogP contribution in [-0.2, 0) is 6.42 Å². The lowest BCUT2D eigenvalue weighted by Crippen LogP contribution is -1.93. The zero-order chi connectivity index (χ0) is 12.4. The molecule has 0 amide bonds. The van der Waals surface area contributed by atoms with Gasteiger partial charge in [0, 0.05) is 5.56 Å². The fraction of sp³-hybridized carbons (Fsp3) is 0.308. The number of halogens is 1. The van der Waals surface area contributed by atoms with Crippen molar-refractivity contribution < 1.29 is 0 Å². The number of benzene rings is 1. The molecule has 2 nitrogen and oxygen atoms in total. The molecule has 0 radical (unpaired) electrons. The van der Waals surface area contributed by atoms with E-state index in [0.29, 0.717) is 11.7 Å². The minimum atomic E-state index is 0.566. The maximum absolute atomic E-state index is 5.73. The van der Waals surface area contributed by atoms with E-state index in [2.05, 4.69) is 59.0 Å². The lowest BCUT2D eigenvalue weighted by atomic mass is 10.0. The molecule has 0 saturated carbocycles. The molecule has 0 atom stereocenters. The molecule has 4 heteroatoms. The maximum Gasteiger partial charge on any atom is 0.149 e. The summed E-state index contributed by atoms with van der Waals surface area (Å²) < 4.78 is 0.902. The van der Waals surface area contributed by atoms with Crippen molar-refractivity contribution in [1.29, 1.82) is 0 Å². The smallest absolute Gasteiger partial charge is 0.149 e. The molecule has 1 heterocycles. The summed E-state index contributed by atoms with van der Waals surface area (Å²) in [4.78, 5) is 4.32. The molecule has 0 spiro atoms. The number of aromatic nitrogens is 1. The van der Waals surface area contributed by atoms with E-state index >= 15 is 0 Å². The highest BCUT2D eigenvalue weighted by atomic mass is 79.9. The first-order valence-corrected chi connectivity index (χ1v) is 7.18. The van der Waals surface area contributed by atoms with Gasteiger partial charge in [0.05, 0.1) is 0 Å². The first kappa shape index (κ1) is 12.6. The second-order valence-corrected chi connectivity index (χ2v) is 6.79. The zero-order valence-electron chi connectivity index (χ0n) is 9.90. The van der Waals surface area contributed by atoms with Crippen molar-refractivity contribution in [2.75, 3.05) is 5.73 Å². The summed E-state index contributed by atoms with van der Waals surface area (Å²) in [6.45, 7) is 4.46. The number of nitrogens with zero attached hydrogens (tertiary/aromatic N) is 1. The SMILES string of the molecule is CC(C)Cc1ccc(-c2nc(N)c(Br)s2)cc1. The molecule has 1 aromatic heterocycles. The summed E-state index contributed by atoms with van der Waals surface area (Å²) in [5, 5.41) is 0.963. The highest BCUT2D eigenvalue weighted by Gasteiger charge is 2.07. The Morgan fingerprint density at radius 1 is 1.29 bits per heavy atom. The largest absolute Gasteiger partial charge is 0.382 e. The first-order valence-electron chi connectivity index (χ1n) is 5.57. The van der Waals surface area contributed by atoms with E-state index in [1.807, 2.05) is 0 Å². The second-order valence-electron chi connectivity index (χ2n) is 4.47. The molecule has 2 rings (SSSR count). The molecule has 0 aliphatic carbocycles. The Kier molecular flexibility index (Phi) is 3.84. The monoisotopic (exact) mass is 310 g/mol. The van der Waals surface area contributed by atoms with Crippen LogP contribution < -0.4 is 5.73 Å². The molecular formula is C13H15BrN2S. The van der Waals surface area contributed by atoms with E-state index in [0.717, 1.165) is 20.8 Å². The van der Waals surface area contributed by atoms with Gasteiger partial charge in [-0.05, 0) is 33.8 Å². The zero-order valence-corrected chi connectivity index (χ0v) is 12.3. The predicted molar refractivity (Wildman–Crippen MR) is 78.2 cm³/mol. The van der Waals surface area contributed by atoms with Crippen LogP contribution in [0.3, 0.4) is 0 Å². The second kappa shape index (κ2) is 5.19. The van der Waals surface area contributed by atoms with Gasteiger partial charge in [0.15, 0.2) is 0 Å². The van der Waals surface area contributed by atoms with E-state index in [4.69, 9.17) is 5.73 Å². The van der Waals surface area contributed by atoms with Crippen molar-refractivity contribution in [2.45, 2.75) is 20.3 Å². The summed E-state index contributed by atoms with van der Waals surface area (Å²) in [5.74, 6) is 1.25. The number of hydrogen-bond acceptors (Lipinski definition) is 3. The van der Waals surface area contributed by atoms with Crippen LogP contribution in [0.1, 0.15) is 19.4 Å². The van der Waals surface area contributed by atoms with Crippen LogP contribution in [0.25, 0.3) is 10.6 Å². The van der Waals surface area contributed by atoms with Gasteiger partial charge in [-0.2, -0.15) is 0 Å².